The van der Waals surface area contributed by atoms with Crippen LogP contribution in [-0.2, 0) is 10.2 Å². The van der Waals surface area contributed by atoms with Crippen LogP contribution in [0.1, 0.15) is 24.0 Å². The molecule has 1 aliphatic rings. The lowest BCUT2D eigenvalue weighted by Crippen LogP contribution is -2.23. The summed E-state index contributed by atoms with van der Waals surface area (Å²) in [7, 11) is 0. The predicted molar refractivity (Wildman–Crippen MR) is 54.2 cm³/mol. The lowest BCUT2D eigenvalue weighted by molar-refractivity contribution is -0.124. The van der Waals surface area contributed by atoms with Gasteiger partial charge in [-0.1, -0.05) is 29.8 Å². The van der Waals surface area contributed by atoms with Crippen LogP contribution in [0.4, 0.5) is 0 Å². The van der Waals surface area contributed by atoms with Crippen LogP contribution in [0.15, 0.2) is 24.3 Å². The Hall–Kier alpha value is -1.15. The molecule has 1 fully saturated rings. The van der Waals surface area contributed by atoms with Crippen LogP contribution in [0.2, 0.25) is 0 Å². The Kier molecular flexibility index (Phi) is 2.16. The largest absolute Gasteiger partial charge is 0.389 e. The summed E-state index contributed by atoms with van der Waals surface area (Å²) >= 11 is 0. The molecule has 0 atom stereocenters. The molecular formula is C12H14O2. The minimum atomic E-state index is -0.345. The highest BCUT2D eigenvalue weighted by Gasteiger charge is 2.50. The first-order chi connectivity index (χ1) is 6.69. The zero-order chi connectivity index (χ0) is 10.2. The fourth-order valence-electron chi connectivity index (χ4n) is 1.88. The fraction of sp³-hybridized carbons (Fsp3) is 0.417. The van der Waals surface area contributed by atoms with E-state index in [1.165, 1.54) is 5.56 Å². The van der Waals surface area contributed by atoms with Gasteiger partial charge in [-0.3, -0.25) is 4.79 Å². The minimum absolute atomic E-state index is 0.0404. The molecule has 0 bridgehead atoms. The van der Waals surface area contributed by atoms with E-state index >= 15 is 0 Å². The maximum absolute atomic E-state index is 11.5. The van der Waals surface area contributed by atoms with Crippen molar-refractivity contribution in [3.63, 3.8) is 0 Å². The average Bonchev–Trinajstić information content (AvgIpc) is 2.99. The number of carbonyl (C=O) groups is 1. The van der Waals surface area contributed by atoms with Crippen molar-refractivity contribution in [1.82, 2.24) is 0 Å². The summed E-state index contributed by atoms with van der Waals surface area (Å²) in [5, 5.41) is 8.88. The van der Waals surface area contributed by atoms with Crippen LogP contribution >= 0.6 is 0 Å². The molecule has 0 aromatic heterocycles. The molecule has 0 radical (unpaired) electrons. The van der Waals surface area contributed by atoms with Crippen molar-refractivity contribution in [1.29, 1.82) is 0 Å². The third-order valence-corrected chi connectivity index (χ3v) is 3.03. The van der Waals surface area contributed by atoms with E-state index in [2.05, 4.69) is 0 Å². The number of carbonyl (C=O) groups excluding carboxylic acids is 1. The zero-order valence-electron chi connectivity index (χ0n) is 8.29. The molecule has 1 aromatic carbocycles. The van der Waals surface area contributed by atoms with Gasteiger partial charge in [0.05, 0.1) is 5.41 Å². The fourth-order valence-corrected chi connectivity index (χ4v) is 1.88. The van der Waals surface area contributed by atoms with Crippen LogP contribution in [0.5, 0.6) is 0 Å². The molecule has 14 heavy (non-hydrogen) atoms. The summed E-state index contributed by atoms with van der Waals surface area (Å²) in [5.74, 6) is -0.0404. The Morgan fingerprint density at radius 3 is 2.36 bits per heavy atom. The number of rotatable bonds is 3. The molecular weight excluding hydrogens is 176 g/mol. The van der Waals surface area contributed by atoms with E-state index in [0.29, 0.717) is 0 Å². The number of hydrogen-bond donors (Lipinski definition) is 1. The second-order valence-corrected chi connectivity index (χ2v) is 4.03. The normalized spacial score (nSPS) is 17.9. The van der Waals surface area contributed by atoms with Crippen molar-refractivity contribution in [3.05, 3.63) is 35.4 Å². The van der Waals surface area contributed by atoms with E-state index in [0.717, 1.165) is 18.4 Å². The van der Waals surface area contributed by atoms with E-state index in [-0.39, 0.29) is 17.8 Å². The van der Waals surface area contributed by atoms with Crippen LogP contribution < -0.4 is 0 Å². The van der Waals surface area contributed by atoms with E-state index in [9.17, 15) is 4.79 Å². The number of aliphatic hydroxyl groups is 1. The molecule has 74 valence electrons. The van der Waals surface area contributed by atoms with E-state index in [4.69, 9.17) is 5.11 Å². The lowest BCUT2D eigenvalue weighted by atomic mass is 9.91. The highest BCUT2D eigenvalue weighted by atomic mass is 16.3. The van der Waals surface area contributed by atoms with Crippen LogP contribution in [-0.4, -0.2) is 17.5 Å². The minimum Gasteiger partial charge on any atom is -0.389 e. The summed E-state index contributed by atoms with van der Waals surface area (Å²) in [6.45, 7) is 1.69. The number of ketones is 1. The molecule has 2 heteroatoms. The van der Waals surface area contributed by atoms with Gasteiger partial charge in [-0.05, 0) is 25.3 Å². The van der Waals surface area contributed by atoms with Crippen LogP contribution in [0.3, 0.4) is 0 Å². The zero-order valence-corrected chi connectivity index (χ0v) is 8.29. The SMILES string of the molecule is Cc1ccc(C2(C(=O)CO)CC2)cc1. The standard InChI is InChI=1S/C12H14O2/c1-9-2-4-10(5-3-9)12(6-7-12)11(14)8-13/h2-5,13H,6-8H2,1H3. The first kappa shape index (κ1) is 9.41. The molecule has 0 unspecified atom stereocenters. The van der Waals surface area contributed by atoms with Crippen LogP contribution in [0.25, 0.3) is 0 Å². The summed E-state index contributed by atoms with van der Waals surface area (Å²) in [6.07, 6.45) is 1.77. The quantitative estimate of drug-likeness (QED) is 0.785. The van der Waals surface area contributed by atoms with Crippen molar-refractivity contribution >= 4 is 5.78 Å². The molecule has 0 amide bonds. The highest BCUT2D eigenvalue weighted by Crippen LogP contribution is 2.48. The summed E-state index contributed by atoms with van der Waals surface area (Å²) in [4.78, 5) is 11.5. The van der Waals surface area contributed by atoms with Gasteiger partial charge in [0.1, 0.15) is 6.61 Å². The second-order valence-electron chi connectivity index (χ2n) is 4.03. The lowest BCUT2D eigenvalue weighted by Gasteiger charge is -2.12. The Morgan fingerprint density at radius 2 is 1.93 bits per heavy atom. The number of hydrogen-bond acceptors (Lipinski definition) is 2. The van der Waals surface area contributed by atoms with Crippen molar-refractivity contribution < 1.29 is 9.90 Å². The molecule has 0 spiro atoms. The van der Waals surface area contributed by atoms with Gasteiger partial charge in [0.25, 0.3) is 0 Å². The van der Waals surface area contributed by atoms with E-state index in [1.807, 2.05) is 31.2 Å². The summed E-state index contributed by atoms with van der Waals surface area (Å²) in [6, 6.07) is 8.02. The monoisotopic (exact) mass is 190 g/mol. The average molecular weight is 190 g/mol. The first-order valence-electron chi connectivity index (χ1n) is 4.90. The Labute approximate surface area is 83.6 Å². The number of aliphatic hydroxyl groups excluding tert-OH is 1. The number of Topliss-reactive ketones (excluding diaryl/α,β-unsaturated/α-hetero) is 1. The maximum Gasteiger partial charge on any atom is 0.168 e. The van der Waals surface area contributed by atoms with Gasteiger partial charge in [0.15, 0.2) is 5.78 Å². The molecule has 1 saturated carbocycles. The molecule has 1 aromatic rings. The molecule has 1 aliphatic carbocycles. The summed E-state index contributed by atoms with van der Waals surface area (Å²) in [5.41, 5.74) is 1.91. The number of benzene rings is 1. The third-order valence-electron chi connectivity index (χ3n) is 3.03. The molecule has 1 N–H and O–H groups in total. The van der Waals surface area contributed by atoms with Gasteiger partial charge >= 0.3 is 0 Å². The van der Waals surface area contributed by atoms with Crippen molar-refractivity contribution in [2.24, 2.45) is 0 Å². The van der Waals surface area contributed by atoms with Gasteiger partial charge in [-0.25, -0.2) is 0 Å². The van der Waals surface area contributed by atoms with E-state index in [1.54, 1.807) is 0 Å². The maximum atomic E-state index is 11.5. The van der Waals surface area contributed by atoms with Gasteiger partial charge < -0.3 is 5.11 Å². The second kappa shape index (κ2) is 3.21. The van der Waals surface area contributed by atoms with Gasteiger partial charge in [-0.2, -0.15) is 0 Å². The smallest absolute Gasteiger partial charge is 0.168 e. The molecule has 2 rings (SSSR count). The number of aryl methyl sites for hydroxylation is 1. The Balaban J connectivity index is 2.31. The Bertz CT molecular complexity index is 347. The topological polar surface area (TPSA) is 37.3 Å². The van der Waals surface area contributed by atoms with Crippen molar-refractivity contribution in [3.8, 4) is 0 Å². The van der Waals surface area contributed by atoms with Crippen molar-refractivity contribution in [2.75, 3.05) is 6.61 Å². The summed E-state index contributed by atoms with van der Waals surface area (Å²) < 4.78 is 0. The van der Waals surface area contributed by atoms with Gasteiger partial charge in [0.2, 0.25) is 0 Å². The first-order valence-corrected chi connectivity index (χ1v) is 4.90. The third kappa shape index (κ3) is 1.36. The Morgan fingerprint density at radius 1 is 1.36 bits per heavy atom. The van der Waals surface area contributed by atoms with Crippen LogP contribution in [0, 0.1) is 6.92 Å². The molecule has 2 nitrogen and oxygen atoms in total. The van der Waals surface area contributed by atoms with Gasteiger partial charge in [0, 0.05) is 0 Å². The van der Waals surface area contributed by atoms with E-state index < -0.39 is 0 Å². The molecule has 0 heterocycles. The van der Waals surface area contributed by atoms with Gasteiger partial charge in [-0.15, -0.1) is 0 Å². The van der Waals surface area contributed by atoms with Crippen molar-refractivity contribution in [2.45, 2.75) is 25.2 Å². The molecule has 0 saturated heterocycles. The highest BCUT2D eigenvalue weighted by molar-refractivity contribution is 5.93. The predicted octanol–water partition coefficient (Wildman–Crippen LogP) is 1.59. The molecule has 0 aliphatic heterocycles.